The van der Waals surface area contributed by atoms with Crippen LogP contribution >= 0.6 is 11.3 Å². The summed E-state index contributed by atoms with van der Waals surface area (Å²) in [7, 11) is 8.71. The first-order valence-electron chi connectivity index (χ1n) is 9.51. The van der Waals surface area contributed by atoms with Crippen LogP contribution in [0.3, 0.4) is 0 Å². The molecule has 0 bridgehead atoms. The summed E-state index contributed by atoms with van der Waals surface area (Å²) >= 11 is 1.49. The summed E-state index contributed by atoms with van der Waals surface area (Å²) in [6.07, 6.45) is 0. The van der Waals surface area contributed by atoms with Crippen LogP contribution in [0.2, 0.25) is 0 Å². The molecule has 0 aliphatic heterocycles. The highest BCUT2D eigenvalue weighted by atomic mass is 32.1. The average molecular weight is 430 g/mol. The van der Waals surface area contributed by atoms with Crippen molar-refractivity contribution in [3.8, 4) is 17.2 Å². The fourth-order valence-electron chi connectivity index (χ4n) is 3.05. The number of amides is 1. The predicted octanol–water partition coefficient (Wildman–Crippen LogP) is 3.84. The van der Waals surface area contributed by atoms with Crippen molar-refractivity contribution in [1.29, 1.82) is 0 Å². The highest BCUT2D eigenvalue weighted by Crippen LogP contribution is 2.37. The number of thiazole rings is 1. The second kappa shape index (κ2) is 9.32. The quantitative estimate of drug-likeness (QED) is 0.542. The minimum Gasteiger partial charge on any atom is -0.497 e. The molecule has 160 valence electrons. The molecule has 1 amide bonds. The van der Waals surface area contributed by atoms with Crippen LogP contribution in [0.4, 0.5) is 5.13 Å². The Morgan fingerprint density at radius 3 is 2.23 bits per heavy atom. The number of rotatable bonds is 8. The summed E-state index contributed by atoms with van der Waals surface area (Å²) in [5.74, 6) is 1.66. The van der Waals surface area contributed by atoms with Crippen molar-refractivity contribution in [2.75, 3.05) is 53.4 Å². The maximum absolute atomic E-state index is 13.5. The van der Waals surface area contributed by atoms with Crippen LogP contribution in [0.5, 0.6) is 17.2 Å². The number of fused-ring (bicyclic) bond motifs is 1. The Morgan fingerprint density at radius 1 is 1.00 bits per heavy atom. The van der Waals surface area contributed by atoms with E-state index in [1.807, 2.05) is 38.1 Å². The van der Waals surface area contributed by atoms with Gasteiger partial charge in [-0.25, -0.2) is 4.98 Å². The SMILES string of the molecule is COc1cc(OC)cc(C(=O)N(CCN(C)C)c2nc3c(OC)ccc(C)c3s2)c1. The number of methoxy groups -OCH3 is 3. The van der Waals surface area contributed by atoms with Crippen molar-refractivity contribution in [3.63, 3.8) is 0 Å². The van der Waals surface area contributed by atoms with E-state index in [0.717, 1.165) is 15.8 Å². The molecule has 2 aromatic carbocycles. The lowest BCUT2D eigenvalue weighted by atomic mass is 10.1. The maximum atomic E-state index is 13.5. The molecular formula is C22H27N3O4S. The lowest BCUT2D eigenvalue weighted by Crippen LogP contribution is -2.36. The van der Waals surface area contributed by atoms with E-state index in [1.165, 1.54) is 11.3 Å². The Hall–Kier alpha value is -2.84. The molecule has 8 heteroatoms. The first kappa shape index (κ1) is 21.9. The van der Waals surface area contributed by atoms with Crippen molar-refractivity contribution in [1.82, 2.24) is 9.88 Å². The number of benzene rings is 2. The van der Waals surface area contributed by atoms with Gasteiger partial charge >= 0.3 is 0 Å². The minimum absolute atomic E-state index is 0.162. The highest BCUT2D eigenvalue weighted by Gasteiger charge is 2.24. The Balaban J connectivity index is 2.08. The molecule has 0 saturated heterocycles. The molecule has 0 N–H and O–H groups in total. The molecule has 3 rings (SSSR count). The largest absolute Gasteiger partial charge is 0.497 e. The third kappa shape index (κ3) is 4.49. The summed E-state index contributed by atoms with van der Waals surface area (Å²) in [6, 6.07) is 9.08. The zero-order chi connectivity index (χ0) is 21.8. The summed E-state index contributed by atoms with van der Waals surface area (Å²) in [5.41, 5.74) is 2.34. The molecule has 0 spiro atoms. The van der Waals surface area contributed by atoms with E-state index in [1.54, 1.807) is 44.4 Å². The third-order valence-corrected chi connectivity index (χ3v) is 5.97. The Labute approximate surface area is 180 Å². The van der Waals surface area contributed by atoms with Crippen LogP contribution in [-0.2, 0) is 0 Å². The van der Waals surface area contributed by atoms with Crippen LogP contribution in [0.1, 0.15) is 15.9 Å². The van der Waals surface area contributed by atoms with Gasteiger partial charge in [-0.05, 0) is 44.8 Å². The van der Waals surface area contributed by atoms with Crippen LogP contribution < -0.4 is 19.1 Å². The number of carbonyl (C=O) groups is 1. The third-order valence-electron chi connectivity index (χ3n) is 4.76. The van der Waals surface area contributed by atoms with Gasteiger partial charge in [0.2, 0.25) is 0 Å². The first-order valence-corrected chi connectivity index (χ1v) is 10.3. The Morgan fingerprint density at radius 2 is 1.67 bits per heavy atom. The lowest BCUT2D eigenvalue weighted by molar-refractivity contribution is 0.0984. The van der Waals surface area contributed by atoms with E-state index in [-0.39, 0.29) is 5.91 Å². The number of carbonyl (C=O) groups excluding carboxylic acids is 1. The fraction of sp³-hybridized carbons (Fsp3) is 0.364. The topological polar surface area (TPSA) is 64.1 Å². The molecule has 0 aliphatic carbocycles. The molecule has 0 radical (unpaired) electrons. The van der Waals surface area contributed by atoms with Gasteiger partial charge in [0, 0.05) is 24.7 Å². The van der Waals surface area contributed by atoms with Crippen molar-refractivity contribution < 1.29 is 19.0 Å². The zero-order valence-corrected chi connectivity index (χ0v) is 19.0. The van der Waals surface area contributed by atoms with E-state index < -0.39 is 0 Å². The molecule has 0 unspecified atom stereocenters. The molecule has 0 aliphatic rings. The van der Waals surface area contributed by atoms with Gasteiger partial charge in [0.15, 0.2) is 5.13 Å². The summed E-state index contributed by atoms with van der Waals surface area (Å²) in [4.78, 5) is 22.1. The van der Waals surface area contributed by atoms with Crippen molar-refractivity contribution in [3.05, 3.63) is 41.5 Å². The molecule has 1 aromatic heterocycles. The van der Waals surface area contributed by atoms with E-state index >= 15 is 0 Å². The highest BCUT2D eigenvalue weighted by molar-refractivity contribution is 7.22. The second-order valence-electron chi connectivity index (χ2n) is 7.12. The van der Waals surface area contributed by atoms with Gasteiger partial charge in [-0.1, -0.05) is 17.4 Å². The zero-order valence-electron chi connectivity index (χ0n) is 18.2. The average Bonchev–Trinajstić information content (AvgIpc) is 3.19. The first-order chi connectivity index (χ1) is 14.4. The Kier molecular flexibility index (Phi) is 6.79. The van der Waals surface area contributed by atoms with E-state index in [0.29, 0.717) is 41.0 Å². The number of aryl methyl sites for hydroxylation is 1. The van der Waals surface area contributed by atoms with Gasteiger partial charge < -0.3 is 19.1 Å². The molecule has 0 atom stereocenters. The Bertz CT molecular complexity index is 1030. The van der Waals surface area contributed by atoms with Gasteiger partial charge in [0.25, 0.3) is 5.91 Å². The summed E-state index contributed by atoms with van der Waals surface area (Å²) in [6.45, 7) is 3.22. The standard InChI is InChI=1S/C22H27N3O4S/c1-14-7-8-18(29-6)19-20(14)30-22(23-19)25(10-9-24(2)3)21(26)15-11-16(27-4)13-17(12-15)28-5/h7-8,11-13H,9-10H2,1-6H3. The number of ether oxygens (including phenoxy) is 3. The van der Waals surface area contributed by atoms with Crippen LogP contribution in [0.25, 0.3) is 10.2 Å². The van der Waals surface area contributed by atoms with Crippen molar-refractivity contribution in [2.45, 2.75) is 6.92 Å². The number of aromatic nitrogens is 1. The van der Waals surface area contributed by atoms with Gasteiger partial charge in [0.1, 0.15) is 22.8 Å². The molecule has 0 fully saturated rings. The minimum atomic E-state index is -0.162. The van der Waals surface area contributed by atoms with Crippen LogP contribution in [0, 0.1) is 6.92 Å². The number of nitrogens with zero attached hydrogens (tertiary/aromatic N) is 3. The van der Waals surface area contributed by atoms with E-state index in [2.05, 4.69) is 0 Å². The second-order valence-corrected chi connectivity index (χ2v) is 8.10. The van der Waals surface area contributed by atoms with E-state index in [9.17, 15) is 4.79 Å². The smallest absolute Gasteiger partial charge is 0.260 e. The molecule has 0 saturated carbocycles. The molecule has 3 aromatic rings. The molecular weight excluding hydrogens is 402 g/mol. The molecule has 7 nitrogen and oxygen atoms in total. The summed E-state index contributed by atoms with van der Waals surface area (Å²) < 4.78 is 17.2. The van der Waals surface area contributed by atoms with Gasteiger partial charge in [-0.3, -0.25) is 9.69 Å². The number of anilines is 1. The fourth-order valence-corrected chi connectivity index (χ4v) is 4.13. The lowest BCUT2D eigenvalue weighted by Gasteiger charge is -2.22. The summed E-state index contributed by atoms with van der Waals surface area (Å²) in [5, 5.41) is 0.631. The van der Waals surface area contributed by atoms with Crippen LogP contribution in [0.15, 0.2) is 30.3 Å². The van der Waals surface area contributed by atoms with Gasteiger partial charge in [-0.2, -0.15) is 0 Å². The van der Waals surface area contributed by atoms with Crippen LogP contribution in [-0.4, -0.2) is 64.3 Å². The predicted molar refractivity (Wildman–Crippen MR) is 121 cm³/mol. The van der Waals surface area contributed by atoms with Gasteiger partial charge in [-0.15, -0.1) is 0 Å². The molecule has 30 heavy (non-hydrogen) atoms. The number of hydrogen-bond donors (Lipinski definition) is 0. The maximum Gasteiger partial charge on any atom is 0.260 e. The molecule has 1 heterocycles. The normalized spacial score (nSPS) is 11.0. The van der Waals surface area contributed by atoms with Gasteiger partial charge in [0.05, 0.1) is 26.0 Å². The van der Waals surface area contributed by atoms with E-state index in [4.69, 9.17) is 19.2 Å². The monoisotopic (exact) mass is 429 g/mol. The number of likely N-dealkylation sites (N-methyl/N-ethyl adjacent to an activating group) is 1. The number of hydrogen-bond acceptors (Lipinski definition) is 7. The van der Waals surface area contributed by atoms with Crippen molar-refractivity contribution in [2.24, 2.45) is 0 Å². The van der Waals surface area contributed by atoms with Crippen molar-refractivity contribution >= 4 is 32.6 Å².